The molecule has 0 unspecified atom stereocenters. The molecule has 0 aliphatic rings. The zero-order valence-corrected chi connectivity index (χ0v) is 25.8. The van der Waals surface area contributed by atoms with Gasteiger partial charge in [-0.05, 0) is 67.1 Å². The third-order valence-electron chi connectivity index (χ3n) is 7.40. The highest BCUT2D eigenvalue weighted by atomic mass is 32.2. The minimum atomic E-state index is -4.03. The van der Waals surface area contributed by atoms with E-state index in [1.807, 2.05) is 0 Å². The molecule has 1 aromatic heterocycles. The van der Waals surface area contributed by atoms with Gasteiger partial charge >= 0.3 is 0 Å². The quantitative estimate of drug-likeness (QED) is 0.236. The Morgan fingerprint density at radius 2 is 1.74 bits per heavy atom. The number of nitrogens with zero attached hydrogens (tertiary/aromatic N) is 2. The number of aromatic nitrogens is 1. The van der Waals surface area contributed by atoms with Gasteiger partial charge in [0.1, 0.15) is 5.75 Å². The van der Waals surface area contributed by atoms with Crippen molar-refractivity contribution in [3.05, 3.63) is 94.7 Å². The predicted molar refractivity (Wildman–Crippen MR) is 165 cm³/mol. The molecule has 222 valence electrons. The topological polar surface area (TPSA) is 97.7 Å². The van der Waals surface area contributed by atoms with Gasteiger partial charge < -0.3 is 14.2 Å². The number of fused-ring (bicyclic) bond motifs is 1. The van der Waals surface area contributed by atoms with Crippen molar-refractivity contribution in [2.75, 3.05) is 21.2 Å². The molecule has 0 aliphatic heterocycles. The Morgan fingerprint density at radius 1 is 0.976 bits per heavy atom. The number of sulfonamides is 1. The van der Waals surface area contributed by atoms with Crippen LogP contribution in [-0.2, 0) is 34.2 Å². The maximum atomic E-state index is 13.0. The van der Waals surface area contributed by atoms with E-state index in [1.54, 1.807) is 62.3 Å². The zero-order valence-electron chi connectivity index (χ0n) is 24.9. The fourth-order valence-electron chi connectivity index (χ4n) is 5.13. The second-order valence-corrected chi connectivity index (χ2v) is 12.4. The molecule has 0 bridgehead atoms. The highest BCUT2D eigenvalue weighted by Crippen LogP contribution is 2.28. The molecule has 0 radical (unpaired) electrons. The van der Waals surface area contributed by atoms with Crippen LogP contribution in [0.1, 0.15) is 58.8 Å². The lowest BCUT2D eigenvalue weighted by Gasteiger charge is -2.14. The van der Waals surface area contributed by atoms with E-state index in [0.29, 0.717) is 24.3 Å². The first-order chi connectivity index (χ1) is 20.0. The molecule has 8 nitrogen and oxygen atoms in total. The summed E-state index contributed by atoms with van der Waals surface area (Å²) < 4.78 is 35.7. The van der Waals surface area contributed by atoms with E-state index >= 15 is 0 Å². The van der Waals surface area contributed by atoms with E-state index in [9.17, 15) is 18.0 Å². The van der Waals surface area contributed by atoms with Crippen LogP contribution in [0.5, 0.6) is 5.75 Å². The number of carbonyl (C=O) groups excluding carboxylic acids is 2. The Balaban J connectivity index is 1.59. The first-order valence-corrected chi connectivity index (χ1v) is 15.6. The number of hydrogen-bond acceptors (Lipinski definition) is 5. The van der Waals surface area contributed by atoms with Gasteiger partial charge in [0.05, 0.1) is 18.6 Å². The molecular formula is C33H39N3O5S. The van der Waals surface area contributed by atoms with Gasteiger partial charge in [-0.3, -0.25) is 9.59 Å². The van der Waals surface area contributed by atoms with E-state index in [4.69, 9.17) is 4.74 Å². The van der Waals surface area contributed by atoms with Crippen molar-refractivity contribution in [2.45, 2.75) is 57.4 Å². The van der Waals surface area contributed by atoms with Gasteiger partial charge in [0.15, 0.2) is 0 Å². The smallest absolute Gasteiger partial charge is 0.265 e. The van der Waals surface area contributed by atoms with Crippen LogP contribution in [0.25, 0.3) is 10.9 Å². The second-order valence-electron chi connectivity index (χ2n) is 10.8. The molecule has 1 heterocycles. The molecule has 4 aromatic rings. The van der Waals surface area contributed by atoms with Crippen LogP contribution in [0, 0.1) is 6.92 Å². The first kappa shape index (κ1) is 30.8. The molecule has 3 aromatic carbocycles. The monoisotopic (exact) mass is 589 g/mol. The van der Waals surface area contributed by atoms with Crippen LogP contribution in [0.3, 0.4) is 0 Å². The normalized spacial score (nSPS) is 11.5. The van der Waals surface area contributed by atoms with Gasteiger partial charge in [0.2, 0.25) is 5.91 Å². The summed E-state index contributed by atoms with van der Waals surface area (Å²) in [6, 6.07) is 18.0. The van der Waals surface area contributed by atoms with Crippen molar-refractivity contribution < 1.29 is 22.7 Å². The molecule has 9 heteroatoms. The third kappa shape index (κ3) is 7.02. The minimum Gasteiger partial charge on any atom is -0.496 e. The van der Waals surface area contributed by atoms with Crippen LogP contribution in [0.15, 0.2) is 71.8 Å². The van der Waals surface area contributed by atoms with Crippen LogP contribution in [-0.4, -0.2) is 50.9 Å². The summed E-state index contributed by atoms with van der Waals surface area (Å²) in [5.41, 5.74) is 5.13. The number of ether oxygens (including phenoxy) is 1. The van der Waals surface area contributed by atoms with Crippen molar-refractivity contribution in [3.63, 3.8) is 0 Å². The van der Waals surface area contributed by atoms with Gasteiger partial charge in [-0.1, -0.05) is 49.7 Å². The van der Waals surface area contributed by atoms with Crippen molar-refractivity contribution in [2.24, 2.45) is 0 Å². The predicted octanol–water partition coefficient (Wildman–Crippen LogP) is 5.49. The average Bonchev–Trinajstić information content (AvgIpc) is 3.29. The number of carbonyl (C=O) groups is 2. The summed E-state index contributed by atoms with van der Waals surface area (Å²) in [7, 11) is 1.06. The van der Waals surface area contributed by atoms with Crippen molar-refractivity contribution in [1.29, 1.82) is 0 Å². The Hall–Kier alpha value is -4.11. The number of benzene rings is 3. The van der Waals surface area contributed by atoms with E-state index in [2.05, 4.69) is 40.6 Å². The highest BCUT2D eigenvalue weighted by molar-refractivity contribution is 7.90. The fourth-order valence-corrected chi connectivity index (χ4v) is 6.35. The van der Waals surface area contributed by atoms with Gasteiger partial charge in [-0.25, -0.2) is 13.1 Å². The van der Waals surface area contributed by atoms with Crippen LogP contribution in [0.4, 0.5) is 0 Å². The lowest BCUT2D eigenvalue weighted by molar-refractivity contribution is -0.128. The molecule has 0 saturated heterocycles. The van der Waals surface area contributed by atoms with Crippen LogP contribution < -0.4 is 9.46 Å². The molecule has 1 N–H and O–H groups in total. The van der Waals surface area contributed by atoms with Gasteiger partial charge in [-0.15, -0.1) is 0 Å². The Morgan fingerprint density at radius 3 is 2.43 bits per heavy atom. The van der Waals surface area contributed by atoms with E-state index in [-0.39, 0.29) is 16.4 Å². The summed E-state index contributed by atoms with van der Waals surface area (Å²) >= 11 is 0. The van der Waals surface area contributed by atoms with E-state index < -0.39 is 15.9 Å². The molecule has 0 spiro atoms. The molecule has 42 heavy (non-hydrogen) atoms. The summed E-state index contributed by atoms with van der Waals surface area (Å²) in [6.45, 7) is 4.35. The van der Waals surface area contributed by atoms with Crippen molar-refractivity contribution in [3.8, 4) is 5.75 Å². The largest absolute Gasteiger partial charge is 0.496 e. The lowest BCUT2D eigenvalue weighted by Crippen LogP contribution is -2.31. The summed E-state index contributed by atoms with van der Waals surface area (Å²) in [4.78, 5) is 26.7. The number of aryl methyl sites for hydroxylation is 3. The van der Waals surface area contributed by atoms with Crippen LogP contribution in [0.2, 0.25) is 0 Å². The fraction of sp³-hybridized carbons (Fsp3) is 0.333. The number of nitrogens with one attached hydrogen (secondary N) is 1. The molecule has 4 rings (SSSR count). The summed E-state index contributed by atoms with van der Waals surface area (Å²) in [5, 5.41) is 1.20. The van der Waals surface area contributed by atoms with Crippen LogP contribution >= 0.6 is 0 Å². The molecule has 0 aliphatic carbocycles. The van der Waals surface area contributed by atoms with Gasteiger partial charge in [0.25, 0.3) is 15.9 Å². The van der Waals surface area contributed by atoms with E-state index in [0.717, 1.165) is 36.8 Å². The van der Waals surface area contributed by atoms with Crippen molar-refractivity contribution in [1.82, 2.24) is 14.2 Å². The number of rotatable bonds is 12. The van der Waals surface area contributed by atoms with Crippen molar-refractivity contribution >= 4 is 32.7 Å². The number of hydrogen-bond donors (Lipinski definition) is 1. The lowest BCUT2D eigenvalue weighted by atomic mass is 10.0. The molecule has 0 saturated carbocycles. The first-order valence-electron chi connectivity index (χ1n) is 14.1. The highest BCUT2D eigenvalue weighted by Gasteiger charge is 2.21. The number of amides is 2. The SMILES string of the molecule is CCCc1cn(Cc2ccc(C(=O)NS(=O)(=O)c3ccccc3C)cc2OC)c2cc(CCCC(=O)N(C)C)ccc12. The molecule has 2 amide bonds. The maximum absolute atomic E-state index is 13.0. The summed E-state index contributed by atoms with van der Waals surface area (Å²) in [5.74, 6) is -0.105. The molecular weight excluding hydrogens is 550 g/mol. The number of methoxy groups -OCH3 is 1. The molecule has 0 fully saturated rings. The molecule has 0 atom stereocenters. The average molecular weight is 590 g/mol. The zero-order chi connectivity index (χ0) is 30.4. The Bertz CT molecular complexity index is 1710. The maximum Gasteiger partial charge on any atom is 0.265 e. The minimum absolute atomic E-state index is 0.0629. The Labute approximate surface area is 248 Å². The van der Waals surface area contributed by atoms with Gasteiger partial charge in [-0.2, -0.15) is 0 Å². The van der Waals surface area contributed by atoms with Gasteiger partial charge in [0, 0.05) is 48.7 Å². The summed E-state index contributed by atoms with van der Waals surface area (Å²) in [6.07, 6.45) is 6.24. The van der Waals surface area contributed by atoms with E-state index in [1.165, 1.54) is 29.7 Å². The third-order valence-corrected chi connectivity index (χ3v) is 8.89. The standard InChI is InChI=1S/C33H39N3O5S/c1-6-10-26-21-36(29-19-24(15-18-28(26)29)12-9-14-32(37)35(3)4)22-27-17-16-25(20-30(27)41-5)33(38)34-42(39,40)31-13-8-7-11-23(31)2/h7-8,11,13,15-21H,6,9-10,12,14,22H2,1-5H3,(H,34,38). The second kappa shape index (κ2) is 13.2. The Kier molecular flexibility index (Phi) is 9.73.